The van der Waals surface area contributed by atoms with Crippen molar-refractivity contribution in [1.82, 2.24) is 0 Å². The number of carbonyl (C=O) groups is 1. The lowest BCUT2D eigenvalue weighted by atomic mass is 9.89. The normalized spacial score (nSPS) is 20.7. The van der Waals surface area contributed by atoms with Crippen molar-refractivity contribution in [1.29, 1.82) is 0 Å². The fourth-order valence-corrected chi connectivity index (χ4v) is 5.64. The highest BCUT2D eigenvalue weighted by molar-refractivity contribution is 6.99. The third-order valence-corrected chi connectivity index (χ3v) is 8.76. The molecule has 23 heavy (non-hydrogen) atoms. The lowest BCUT2D eigenvalue weighted by Crippen LogP contribution is -2.46. The van der Waals surface area contributed by atoms with Crippen LogP contribution in [0.5, 0.6) is 0 Å². The maximum atomic E-state index is 12.3. The van der Waals surface area contributed by atoms with E-state index < -0.39 is 26.4 Å². The Labute approximate surface area is 141 Å². The molecular formula is C18H27BO3Si. The molecule has 0 atom stereocenters. The Morgan fingerprint density at radius 1 is 1.04 bits per heavy atom. The molecular weight excluding hydrogens is 303 g/mol. The van der Waals surface area contributed by atoms with Crippen molar-refractivity contribution in [2.24, 2.45) is 0 Å². The number of rotatable bonds is 4. The lowest BCUT2D eigenvalue weighted by Gasteiger charge is -2.32. The van der Waals surface area contributed by atoms with Crippen LogP contribution < -0.4 is 5.19 Å². The van der Waals surface area contributed by atoms with E-state index in [2.05, 4.69) is 25.2 Å². The highest BCUT2D eigenvalue weighted by Crippen LogP contribution is 2.37. The molecule has 0 aliphatic carbocycles. The van der Waals surface area contributed by atoms with E-state index in [1.165, 1.54) is 5.19 Å². The third kappa shape index (κ3) is 3.52. The Hall–Kier alpha value is -1.17. The molecule has 0 aromatic heterocycles. The topological polar surface area (TPSA) is 35.5 Å². The zero-order valence-corrected chi connectivity index (χ0v) is 16.3. The van der Waals surface area contributed by atoms with E-state index >= 15 is 0 Å². The third-order valence-electron chi connectivity index (χ3n) is 5.12. The summed E-state index contributed by atoms with van der Waals surface area (Å²) < 4.78 is 12.1. The number of hydrogen-bond donors (Lipinski definition) is 0. The first-order valence-corrected chi connectivity index (χ1v) is 11.1. The van der Waals surface area contributed by atoms with Gasteiger partial charge in [-0.2, -0.15) is 0 Å². The minimum Gasteiger partial charge on any atom is -0.400 e. The van der Waals surface area contributed by atoms with Crippen LogP contribution in [0.2, 0.25) is 13.1 Å². The van der Waals surface area contributed by atoms with E-state index in [-0.39, 0.29) is 5.78 Å². The zero-order chi connectivity index (χ0) is 17.5. The number of benzene rings is 1. The van der Waals surface area contributed by atoms with Crippen molar-refractivity contribution in [2.45, 2.75) is 58.9 Å². The second-order valence-electron chi connectivity index (χ2n) is 7.75. The molecule has 0 N–H and O–H groups in total. The molecule has 2 rings (SSSR count). The quantitative estimate of drug-likeness (QED) is 0.628. The summed E-state index contributed by atoms with van der Waals surface area (Å²) in [5, 5.41) is 2.08. The average molecular weight is 330 g/mol. The minimum absolute atomic E-state index is 0.0974. The Morgan fingerprint density at radius 3 is 1.96 bits per heavy atom. The van der Waals surface area contributed by atoms with E-state index in [4.69, 9.17) is 9.31 Å². The number of carbonyl (C=O) groups excluding carboxylic acids is 1. The van der Waals surface area contributed by atoms with Gasteiger partial charge in [0.05, 0.1) is 11.2 Å². The van der Waals surface area contributed by atoms with Gasteiger partial charge in [0.2, 0.25) is 0 Å². The maximum Gasteiger partial charge on any atom is 0.487 e. The Kier molecular flexibility index (Phi) is 4.77. The van der Waals surface area contributed by atoms with Gasteiger partial charge in [-0.05, 0) is 39.8 Å². The maximum absolute atomic E-state index is 12.3. The first kappa shape index (κ1) is 18.2. The van der Waals surface area contributed by atoms with Crippen LogP contribution >= 0.6 is 0 Å². The molecule has 124 valence electrons. The fraction of sp³-hybridized carbons (Fsp3) is 0.500. The molecule has 1 aromatic rings. The van der Waals surface area contributed by atoms with Crippen molar-refractivity contribution < 1.29 is 14.1 Å². The van der Waals surface area contributed by atoms with Gasteiger partial charge in [-0.3, -0.25) is 4.79 Å². The van der Waals surface area contributed by atoms with Crippen LogP contribution in [0.25, 0.3) is 0 Å². The SMILES string of the molecule is CC(=O)/C(=C/B1OC(C)(C)C(C)(C)O1)[Si](C)(C)c1ccccc1. The lowest BCUT2D eigenvalue weighted by molar-refractivity contribution is -0.113. The summed E-state index contributed by atoms with van der Waals surface area (Å²) in [6.45, 7) is 14.1. The largest absolute Gasteiger partial charge is 0.487 e. The first-order chi connectivity index (χ1) is 10.5. The van der Waals surface area contributed by atoms with E-state index in [0.29, 0.717) is 0 Å². The molecule has 0 amide bonds. The van der Waals surface area contributed by atoms with Crippen LogP contribution in [-0.2, 0) is 14.1 Å². The molecule has 3 nitrogen and oxygen atoms in total. The highest BCUT2D eigenvalue weighted by atomic mass is 28.3. The number of Topliss-reactive ketones (excluding diaryl/α,β-unsaturated/α-hetero) is 1. The molecule has 0 bridgehead atoms. The summed E-state index contributed by atoms with van der Waals surface area (Å²) in [7, 11) is -2.56. The Balaban J connectivity index is 2.39. The molecule has 0 unspecified atom stereocenters. The van der Waals surface area contributed by atoms with E-state index in [1.54, 1.807) is 6.92 Å². The molecule has 0 spiro atoms. The van der Waals surface area contributed by atoms with Crippen LogP contribution in [0.15, 0.2) is 41.5 Å². The van der Waals surface area contributed by atoms with Crippen molar-refractivity contribution >= 4 is 26.2 Å². The summed E-state index contributed by atoms with van der Waals surface area (Å²) in [6, 6.07) is 10.3. The van der Waals surface area contributed by atoms with Gasteiger partial charge >= 0.3 is 7.12 Å². The summed E-state index contributed by atoms with van der Waals surface area (Å²) in [6.07, 6.45) is 0. The molecule has 1 aliphatic rings. The van der Waals surface area contributed by atoms with Crippen LogP contribution in [0.4, 0.5) is 0 Å². The van der Waals surface area contributed by atoms with Gasteiger partial charge in [0.25, 0.3) is 0 Å². The summed E-state index contributed by atoms with van der Waals surface area (Å²) in [5.41, 5.74) is -0.789. The number of hydrogen-bond acceptors (Lipinski definition) is 3. The summed E-state index contributed by atoms with van der Waals surface area (Å²) in [4.78, 5) is 12.3. The molecule has 0 saturated carbocycles. The molecule has 5 heteroatoms. The van der Waals surface area contributed by atoms with Gasteiger partial charge in [0.1, 0.15) is 8.07 Å². The molecule has 1 aliphatic heterocycles. The van der Waals surface area contributed by atoms with E-state index in [0.717, 1.165) is 5.20 Å². The van der Waals surface area contributed by atoms with Crippen molar-refractivity contribution in [3.05, 3.63) is 41.5 Å². The van der Waals surface area contributed by atoms with Crippen molar-refractivity contribution in [3.8, 4) is 0 Å². The van der Waals surface area contributed by atoms with Crippen molar-refractivity contribution in [2.75, 3.05) is 0 Å². The van der Waals surface area contributed by atoms with Gasteiger partial charge < -0.3 is 9.31 Å². The molecule has 1 aromatic carbocycles. The predicted molar refractivity (Wildman–Crippen MR) is 98.4 cm³/mol. The van der Waals surface area contributed by atoms with E-state index in [1.807, 2.05) is 51.9 Å². The fourth-order valence-electron chi connectivity index (χ4n) is 2.87. The predicted octanol–water partition coefficient (Wildman–Crippen LogP) is 3.29. The molecule has 1 fully saturated rings. The van der Waals surface area contributed by atoms with Gasteiger partial charge in [-0.15, -0.1) is 0 Å². The minimum atomic E-state index is -2.08. The monoisotopic (exact) mass is 330 g/mol. The second kappa shape index (κ2) is 6.04. The van der Waals surface area contributed by atoms with Crippen LogP contribution in [0.3, 0.4) is 0 Å². The van der Waals surface area contributed by atoms with E-state index in [9.17, 15) is 4.79 Å². The molecule has 0 radical (unpaired) electrons. The molecule has 1 saturated heterocycles. The number of allylic oxidation sites excluding steroid dienone is 1. The smallest absolute Gasteiger partial charge is 0.400 e. The average Bonchev–Trinajstić information content (AvgIpc) is 2.64. The Bertz CT molecular complexity index is 604. The number of ketones is 1. The second-order valence-corrected chi connectivity index (χ2v) is 12.1. The van der Waals surface area contributed by atoms with Gasteiger partial charge in [-0.25, -0.2) is 0 Å². The van der Waals surface area contributed by atoms with Gasteiger partial charge in [-0.1, -0.05) is 54.6 Å². The summed E-state index contributed by atoms with van der Waals surface area (Å²) in [5.74, 6) is 2.00. The van der Waals surface area contributed by atoms with Crippen LogP contribution in [-0.4, -0.2) is 32.2 Å². The standard InChI is InChI=1S/C18H27BO3Si/c1-14(20)16(23(6,7)15-11-9-8-10-12-15)13-19-21-17(2,3)18(4,5)22-19/h8-13H,1-7H3/b16-13-. The van der Waals surface area contributed by atoms with Crippen LogP contribution in [0.1, 0.15) is 34.6 Å². The first-order valence-electron chi connectivity index (χ1n) is 8.12. The highest BCUT2D eigenvalue weighted by Gasteiger charge is 2.51. The van der Waals surface area contributed by atoms with Gasteiger partial charge in [0.15, 0.2) is 5.78 Å². The van der Waals surface area contributed by atoms with Gasteiger partial charge in [0, 0.05) is 0 Å². The molecule has 1 heterocycles. The van der Waals surface area contributed by atoms with Crippen LogP contribution in [0, 0.1) is 0 Å². The zero-order valence-electron chi connectivity index (χ0n) is 15.3. The summed E-state index contributed by atoms with van der Waals surface area (Å²) >= 11 is 0. The Morgan fingerprint density at radius 2 is 1.52 bits per heavy atom. The van der Waals surface area contributed by atoms with Crippen molar-refractivity contribution in [3.63, 3.8) is 0 Å².